The van der Waals surface area contributed by atoms with Crippen molar-refractivity contribution in [2.45, 2.75) is 329 Å². The summed E-state index contributed by atoms with van der Waals surface area (Å²) >= 11 is 0. The largest absolute Gasteiger partial charge is 0.462 e. The van der Waals surface area contributed by atoms with Gasteiger partial charge in [-0.05, 0) is 57.8 Å². The minimum Gasteiger partial charge on any atom is -0.462 e. The second-order valence-electron chi connectivity index (χ2n) is 20.3. The van der Waals surface area contributed by atoms with Gasteiger partial charge in [0.1, 0.15) is 13.2 Å². The number of hydrogen-bond donors (Lipinski definition) is 0. The van der Waals surface area contributed by atoms with E-state index >= 15 is 0 Å². The van der Waals surface area contributed by atoms with Gasteiger partial charge in [-0.1, -0.05) is 282 Å². The zero-order valence-electron chi connectivity index (χ0n) is 45.6. The molecule has 6 nitrogen and oxygen atoms in total. The number of hydrogen-bond acceptors (Lipinski definition) is 6. The highest BCUT2D eigenvalue weighted by atomic mass is 16.6. The van der Waals surface area contributed by atoms with E-state index in [1.54, 1.807) is 0 Å². The molecule has 0 aromatic carbocycles. The molecule has 0 aliphatic carbocycles. The Hall–Kier alpha value is -2.37. The van der Waals surface area contributed by atoms with Crippen molar-refractivity contribution in [1.29, 1.82) is 0 Å². The van der Waals surface area contributed by atoms with Crippen LogP contribution in [0.15, 0.2) is 36.5 Å². The number of ether oxygens (including phenoxy) is 3. The van der Waals surface area contributed by atoms with Crippen molar-refractivity contribution in [3.63, 3.8) is 0 Å². The van der Waals surface area contributed by atoms with Gasteiger partial charge in [-0.3, -0.25) is 14.4 Å². The van der Waals surface area contributed by atoms with E-state index in [0.29, 0.717) is 19.3 Å². The molecule has 0 saturated heterocycles. The third kappa shape index (κ3) is 54.6. The first-order valence-electron chi connectivity index (χ1n) is 30.0. The smallest absolute Gasteiger partial charge is 0.306 e. The van der Waals surface area contributed by atoms with Gasteiger partial charge in [0.25, 0.3) is 0 Å². The van der Waals surface area contributed by atoms with Gasteiger partial charge in [-0.15, -0.1) is 0 Å². The van der Waals surface area contributed by atoms with Crippen LogP contribution in [0.1, 0.15) is 323 Å². The van der Waals surface area contributed by atoms with Gasteiger partial charge in [0.05, 0.1) is 0 Å². The molecule has 0 N–H and O–H groups in total. The van der Waals surface area contributed by atoms with Crippen LogP contribution in [0.25, 0.3) is 0 Å². The summed E-state index contributed by atoms with van der Waals surface area (Å²) in [7, 11) is 0. The average Bonchev–Trinajstić information content (AvgIpc) is 3.34. The number of allylic oxidation sites excluding steroid dienone is 6. The first-order valence-corrected chi connectivity index (χ1v) is 30.0. The summed E-state index contributed by atoms with van der Waals surface area (Å²) in [5.74, 6) is -0.859. The average molecular weight is 956 g/mol. The summed E-state index contributed by atoms with van der Waals surface area (Å²) in [6, 6.07) is 0. The Morgan fingerprint density at radius 3 is 0.824 bits per heavy atom. The van der Waals surface area contributed by atoms with Crippen molar-refractivity contribution in [3.05, 3.63) is 36.5 Å². The van der Waals surface area contributed by atoms with E-state index < -0.39 is 6.10 Å². The normalized spacial score (nSPS) is 12.2. The van der Waals surface area contributed by atoms with Gasteiger partial charge in [0.2, 0.25) is 0 Å². The van der Waals surface area contributed by atoms with Gasteiger partial charge < -0.3 is 14.2 Å². The molecule has 0 radical (unpaired) electrons. The van der Waals surface area contributed by atoms with Crippen LogP contribution in [0.5, 0.6) is 0 Å². The SMILES string of the molecule is CCCCCCC/C=C\C/C=C\C/C=C\CCCCCCCCCCC(=O)OCC(COC(=O)CCCCCCCCCCCC)OC(=O)CCCCCCCCCCCCCCCCCCC. The summed E-state index contributed by atoms with van der Waals surface area (Å²) in [6.45, 7) is 6.66. The van der Waals surface area contributed by atoms with Crippen LogP contribution in [-0.4, -0.2) is 37.2 Å². The Bertz CT molecular complexity index is 1140. The molecule has 1 atom stereocenters. The van der Waals surface area contributed by atoms with Gasteiger partial charge >= 0.3 is 17.9 Å². The first kappa shape index (κ1) is 65.6. The van der Waals surface area contributed by atoms with Crippen molar-refractivity contribution >= 4 is 17.9 Å². The van der Waals surface area contributed by atoms with Crippen LogP contribution in [0.3, 0.4) is 0 Å². The van der Waals surface area contributed by atoms with E-state index in [9.17, 15) is 14.4 Å². The topological polar surface area (TPSA) is 78.9 Å². The second kappa shape index (κ2) is 57.2. The summed E-state index contributed by atoms with van der Waals surface area (Å²) in [6.07, 6.45) is 68.6. The second-order valence-corrected chi connectivity index (χ2v) is 20.3. The lowest BCUT2D eigenvalue weighted by molar-refractivity contribution is -0.167. The lowest BCUT2D eigenvalue weighted by atomic mass is 10.0. The van der Waals surface area contributed by atoms with Gasteiger partial charge in [0, 0.05) is 19.3 Å². The molecule has 0 bridgehead atoms. The molecule has 68 heavy (non-hydrogen) atoms. The molecule has 0 spiro atoms. The van der Waals surface area contributed by atoms with E-state index in [2.05, 4.69) is 57.2 Å². The predicted molar refractivity (Wildman–Crippen MR) is 293 cm³/mol. The van der Waals surface area contributed by atoms with E-state index in [1.807, 2.05) is 0 Å². The van der Waals surface area contributed by atoms with E-state index in [-0.39, 0.29) is 31.1 Å². The molecule has 0 amide bonds. The van der Waals surface area contributed by atoms with Crippen LogP contribution in [0, 0.1) is 0 Å². The third-order valence-electron chi connectivity index (χ3n) is 13.4. The minimum absolute atomic E-state index is 0.0697. The monoisotopic (exact) mass is 955 g/mol. The highest BCUT2D eigenvalue weighted by Gasteiger charge is 2.19. The number of unbranched alkanes of at least 4 members (excludes halogenated alkanes) is 38. The predicted octanol–water partition coefficient (Wildman–Crippen LogP) is 20.0. The lowest BCUT2D eigenvalue weighted by Gasteiger charge is -2.18. The Morgan fingerprint density at radius 1 is 0.294 bits per heavy atom. The van der Waals surface area contributed by atoms with Crippen LogP contribution in [0.2, 0.25) is 0 Å². The summed E-state index contributed by atoms with van der Waals surface area (Å²) < 4.78 is 16.9. The van der Waals surface area contributed by atoms with Crippen LogP contribution < -0.4 is 0 Å². The standard InChI is InChI=1S/C62H114O6/c1-4-7-10-13-16-19-22-24-26-28-29-30-31-32-33-35-36-38-40-43-46-49-52-55-61(64)67-58-59(57-66-60(63)54-51-48-45-42-21-18-15-12-9-6-3)68-62(65)56-53-50-47-44-41-39-37-34-27-25-23-20-17-14-11-8-5-2/h22,24,28-29,31-32,59H,4-21,23,25-27,30,33-58H2,1-3H3/b24-22-,29-28-,32-31-. The van der Waals surface area contributed by atoms with Crippen molar-refractivity contribution in [1.82, 2.24) is 0 Å². The molecule has 0 rings (SSSR count). The maximum absolute atomic E-state index is 12.8. The van der Waals surface area contributed by atoms with Crippen molar-refractivity contribution in [2.75, 3.05) is 13.2 Å². The number of esters is 3. The molecule has 0 aromatic heterocycles. The quantitative estimate of drug-likeness (QED) is 0.0262. The molecule has 0 fully saturated rings. The summed E-state index contributed by atoms with van der Waals surface area (Å²) in [5, 5.41) is 0. The van der Waals surface area contributed by atoms with Crippen molar-refractivity contribution < 1.29 is 28.6 Å². The third-order valence-corrected chi connectivity index (χ3v) is 13.4. The summed E-state index contributed by atoms with van der Waals surface area (Å²) in [4.78, 5) is 38.1. The molecule has 0 aliphatic rings. The van der Waals surface area contributed by atoms with Crippen LogP contribution >= 0.6 is 0 Å². The highest BCUT2D eigenvalue weighted by molar-refractivity contribution is 5.71. The minimum atomic E-state index is -0.770. The Balaban J connectivity index is 4.25. The van der Waals surface area contributed by atoms with Crippen molar-refractivity contribution in [2.24, 2.45) is 0 Å². The Labute approximate surface area is 423 Å². The highest BCUT2D eigenvalue weighted by Crippen LogP contribution is 2.17. The number of carbonyl (C=O) groups excluding carboxylic acids is 3. The molecule has 0 heterocycles. The maximum atomic E-state index is 12.8. The fourth-order valence-electron chi connectivity index (χ4n) is 8.86. The zero-order valence-corrected chi connectivity index (χ0v) is 45.6. The van der Waals surface area contributed by atoms with Gasteiger partial charge in [-0.25, -0.2) is 0 Å². The van der Waals surface area contributed by atoms with E-state index in [1.165, 1.54) is 205 Å². The van der Waals surface area contributed by atoms with Gasteiger partial charge in [0.15, 0.2) is 6.10 Å². The first-order chi connectivity index (χ1) is 33.5. The number of rotatable bonds is 55. The van der Waals surface area contributed by atoms with Gasteiger partial charge in [-0.2, -0.15) is 0 Å². The Morgan fingerprint density at radius 2 is 0.529 bits per heavy atom. The van der Waals surface area contributed by atoms with Crippen molar-refractivity contribution in [3.8, 4) is 0 Å². The zero-order chi connectivity index (χ0) is 49.3. The molecule has 398 valence electrons. The molecule has 0 aromatic rings. The Kier molecular flexibility index (Phi) is 55.2. The van der Waals surface area contributed by atoms with Crippen LogP contribution in [-0.2, 0) is 28.6 Å². The fourth-order valence-corrected chi connectivity index (χ4v) is 8.86. The lowest BCUT2D eigenvalue weighted by Crippen LogP contribution is -2.30. The van der Waals surface area contributed by atoms with E-state index in [0.717, 1.165) is 77.0 Å². The fraction of sp³-hybridized carbons (Fsp3) is 0.855. The van der Waals surface area contributed by atoms with E-state index in [4.69, 9.17) is 14.2 Å². The van der Waals surface area contributed by atoms with Crippen LogP contribution in [0.4, 0.5) is 0 Å². The molecule has 6 heteroatoms. The molecular weight excluding hydrogens is 841 g/mol. The molecule has 1 unspecified atom stereocenters. The molecule has 0 aliphatic heterocycles. The maximum Gasteiger partial charge on any atom is 0.306 e. The number of carbonyl (C=O) groups is 3. The molecular formula is C62H114O6. The summed E-state index contributed by atoms with van der Waals surface area (Å²) in [5.41, 5.74) is 0. The molecule has 0 saturated carbocycles.